The number of aliphatic hydroxyl groups is 2. The molecular weight excluding hydrogens is 929 g/mol. The molecule has 1 saturated heterocycles. The standard InChI is InChI=1S/C15H17NO6.C13H15Cl2N3O4.C10H14O2.CH3.ClH.Pd/c17-13-7-8-14(18)16(13)22-15(19)21-10-4-9-20-11-12-5-2-1-3-6-12;14-9-3-1-4-10(15)8(9)7-11(20)17-12(16)18-13(21)22-6-2-5-19;11-7-4-8-12-9-10-5-2-1-3-6-10;;;/h1-3,5-6H,4,7-11H2;1,3-4,19H,2,5-7H2,(H3,16,17,18,20,21);1-3,5-6,11H,4,7-9H2;1H3;1H;/q;;;-1;;. The number of carbonyl (C=O) groups excluding carboxylic acids is 5. The molecule has 3 aromatic carbocycles. The minimum atomic E-state index is -1.06. The van der Waals surface area contributed by atoms with E-state index in [1.807, 2.05) is 60.7 Å². The number of amides is 4. The summed E-state index contributed by atoms with van der Waals surface area (Å²) in [7, 11) is 0. The molecule has 1 aliphatic rings. The predicted molar refractivity (Wildman–Crippen MR) is 219 cm³/mol. The number of nitrogens with two attached hydrogens (primary N) is 1. The van der Waals surface area contributed by atoms with Gasteiger partial charge in [0.25, 0.3) is 11.8 Å². The summed E-state index contributed by atoms with van der Waals surface area (Å²) in [6.07, 6.45) is -0.531. The fraction of sp³-hybridized carbons (Fsp3) is 0.359. The quantitative estimate of drug-likeness (QED) is 0.0241. The zero-order chi connectivity index (χ0) is 41.0. The third-order valence-corrected chi connectivity index (χ3v) is 7.61. The van der Waals surface area contributed by atoms with Crippen LogP contribution in [0.2, 0.25) is 10.0 Å². The SMILES string of the molecule is Cl.NC(=NC(=O)OCCCO)NC(=O)Cc1c(Cl)cccc1Cl.O=C(OCCCOCc1ccccc1)ON1C(=O)CCC1=O.OCCCOCc1ccccc1.[CH3-].[Pd]. The Bertz CT molecular complexity index is 1660. The fourth-order valence-electron chi connectivity index (χ4n) is 4.20. The molecule has 5 N–H and O–H groups in total. The normalized spacial score (nSPS) is 11.5. The third kappa shape index (κ3) is 25.8. The first-order valence-corrected chi connectivity index (χ1v) is 18.2. The Labute approximate surface area is 373 Å². The molecule has 0 spiro atoms. The van der Waals surface area contributed by atoms with Gasteiger partial charge in [0.1, 0.15) is 0 Å². The molecule has 0 unspecified atom stereocenters. The Hall–Kier alpha value is -4.15. The number of nitrogens with zero attached hydrogens (tertiary/aromatic N) is 2. The van der Waals surface area contributed by atoms with Crippen molar-refractivity contribution < 1.29 is 78.4 Å². The van der Waals surface area contributed by atoms with Crippen LogP contribution in [0.5, 0.6) is 0 Å². The number of carbonyl (C=O) groups is 5. The number of hydroxylamine groups is 2. The molecule has 0 saturated carbocycles. The molecule has 1 heterocycles. The van der Waals surface area contributed by atoms with E-state index in [0.717, 1.165) is 5.56 Å². The zero-order valence-corrected chi connectivity index (χ0v) is 36.2. The van der Waals surface area contributed by atoms with Crippen molar-refractivity contribution in [2.24, 2.45) is 10.7 Å². The van der Waals surface area contributed by atoms with E-state index < -0.39 is 35.9 Å². The second-order valence-electron chi connectivity index (χ2n) is 11.4. The number of halogens is 3. The molecule has 0 radical (unpaired) electrons. The van der Waals surface area contributed by atoms with Gasteiger partial charge in [-0.2, -0.15) is 0 Å². The van der Waals surface area contributed by atoms with E-state index in [1.165, 1.54) is 5.56 Å². The van der Waals surface area contributed by atoms with Crippen molar-refractivity contribution in [3.8, 4) is 0 Å². The van der Waals surface area contributed by atoms with Gasteiger partial charge in [0.2, 0.25) is 11.9 Å². The van der Waals surface area contributed by atoms with Gasteiger partial charge in [-0.05, 0) is 35.2 Å². The molecular formula is C39H50Cl3N4O12Pd-. The molecule has 4 amide bonds. The van der Waals surface area contributed by atoms with Gasteiger partial charge in [0, 0.05) is 76.0 Å². The van der Waals surface area contributed by atoms with Gasteiger partial charge in [-0.15, -0.1) is 17.4 Å². The number of hydrogen-bond donors (Lipinski definition) is 4. The maximum Gasteiger partial charge on any atom is 0.533 e. The summed E-state index contributed by atoms with van der Waals surface area (Å²) in [6, 6.07) is 24.6. The molecule has 1 aliphatic heterocycles. The van der Waals surface area contributed by atoms with Crippen LogP contribution in [0.15, 0.2) is 83.9 Å². The number of aliphatic imine (C=N–C) groups is 1. The first-order chi connectivity index (χ1) is 27.0. The van der Waals surface area contributed by atoms with Crippen molar-refractivity contribution in [3.63, 3.8) is 0 Å². The van der Waals surface area contributed by atoms with Crippen molar-refractivity contribution in [2.45, 2.75) is 51.7 Å². The van der Waals surface area contributed by atoms with Crippen LogP contribution in [0.25, 0.3) is 0 Å². The number of aliphatic hydroxyl groups excluding tert-OH is 2. The number of nitrogens with one attached hydrogen (secondary N) is 1. The van der Waals surface area contributed by atoms with E-state index in [1.54, 1.807) is 18.2 Å². The Morgan fingerprint density at radius 3 is 1.71 bits per heavy atom. The summed E-state index contributed by atoms with van der Waals surface area (Å²) in [4.78, 5) is 64.6. The molecule has 0 bridgehead atoms. The average Bonchev–Trinajstić information content (AvgIpc) is 3.50. The van der Waals surface area contributed by atoms with Gasteiger partial charge >= 0.3 is 12.2 Å². The number of rotatable bonds is 17. The molecule has 0 atom stereocenters. The molecule has 3 aromatic rings. The Balaban J connectivity index is 0. The molecule has 4 rings (SSSR count). The van der Waals surface area contributed by atoms with Crippen LogP contribution in [0.3, 0.4) is 0 Å². The monoisotopic (exact) mass is 977 g/mol. The Kier molecular flexibility index (Phi) is 33.5. The second kappa shape index (κ2) is 34.7. The van der Waals surface area contributed by atoms with Crippen molar-refractivity contribution in [3.05, 3.63) is 113 Å². The minimum absolute atomic E-state index is 0. The molecule has 1 fully saturated rings. The van der Waals surface area contributed by atoms with Crippen molar-refractivity contribution >= 4 is 71.5 Å². The number of hydrogen-bond acceptors (Lipinski definition) is 12. The van der Waals surface area contributed by atoms with Gasteiger partial charge in [-0.3, -0.25) is 24.5 Å². The first-order valence-electron chi connectivity index (χ1n) is 17.4. The van der Waals surface area contributed by atoms with Crippen molar-refractivity contribution in [1.29, 1.82) is 0 Å². The van der Waals surface area contributed by atoms with Gasteiger partial charge in [-0.25, -0.2) is 9.59 Å². The van der Waals surface area contributed by atoms with E-state index in [2.05, 4.69) is 19.9 Å². The molecule has 20 heteroatoms. The maximum absolute atomic E-state index is 11.8. The molecule has 0 aliphatic carbocycles. The molecule has 16 nitrogen and oxygen atoms in total. The van der Waals surface area contributed by atoms with Crippen LogP contribution < -0.4 is 11.1 Å². The van der Waals surface area contributed by atoms with Crippen LogP contribution in [0, 0.1) is 7.43 Å². The predicted octanol–water partition coefficient (Wildman–Crippen LogP) is 5.75. The van der Waals surface area contributed by atoms with E-state index in [4.69, 9.17) is 53.4 Å². The Morgan fingerprint density at radius 2 is 1.20 bits per heavy atom. The summed E-state index contributed by atoms with van der Waals surface area (Å²) in [5.74, 6) is -2.00. The van der Waals surface area contributed by atoms with Crippen LogP contribution >= 0.6 is 35.6 Å². The van der Waals surface area contributed by atoms with Crippen LogP contribution in [-0.2, 0) is 78.2 Å². The van der Waals surface area contributed by atoms with Crippen LogP contribution in [0.1, 0.15) is 48.8 Å². The van der Waals surface area contributed by atoms with Crippen LogP contribution in [-0.4, -0.2) is 90.8 Å². The number of guanidine groups is 1. The van der Waals surface area contributed by atoms with E-state index in [9.17, 15) is 24.0 Å². The first kappa shape index (κ1) is 56.9. The Morgan fingerprint density at radius 1 is 0.729 bits per heavy atom. The smallest absolute Gasteiger partial charge is 0.448 e. The fourth-order valence-corrected chi connectivity index (χ4v) is 4.73. The topological polar surface area (TPSA) is 226 Å². The van der Waals surface area contributed by atoms with E-state index >= 15 is 0 Å². The van der Waals surface area contributed by atoms with E-state index in [-0.39, 0.29) is 85.9 Å². The summed E-state index contributed by atoms with van der Waals surface area (Å²) in [5.41, 5.74) is 8.10. The van der Waals surface area contributed by atoms with Gasteiger partial charge in [-0.1, -0.05) is 95.0 Å². The molecule has 0 aromatic heterocycles. The maximum atomic E-state index is 11.8. The van der Waals surface area contributed by atoms with Gasteiger partial charge in [0.05, 0.1) is 39.5 Å². The third-order valence-electron chi connectivity index (χ3n) is 6.90. The van der Waals surface area contributed by atoms with Gasteiger partial charge < -0.3 is 42.3 Å². The summed E-state index contributed by atoms with van der Waals surface area (Å²) < 4.78 is 20.1. The number of imide groups is 1. The number of ether oxygens (including phenoxy) is 4. The average molecular weight is 980 g/mol. The summed E-state index contributed by atoms with van der Waals surface area (Å²) in [6.45, 7) is 2.37. The van der Waals surface area contributed by atoms with E-state index in [0.29, 0.717) is 66.4 Å². The molecule has 330 valence electrons. The number of benzene rings is 3. The zero-order valence-electron chi connectivity index (χ0n) is 32.3. The van der Waals surface area contributed by atoms with Crippen LogP contribution in [0.4, 0.5) is 9.59 Å². The minimum Gasteiger partial charge on any atom is -0.448 e. The van der Waals surface area contributed by atoms with Crippen molar-refractivity contribution in [2.75, 3.05) is 39.6 Å². The largest absolute Gasteiger partial charge is 0.533 e. The molecule has 59 heavy (non-hydrogen) atoms. The summed E-state index contributed by atoms with van der Waals surface area (Å²) >= 11 is 11.9. The van der Waals surface area contributed by atoms with Gasteiger partial charge in [0.15, 0.2) is 0 Å². The second-order valence-corrected chi connectivity index (χ2v) is 12.2. The summed E-state index contributed by atoms with van der Waals surface area (Å²) in [5, 5.41) is 20.4. The van der Waals surface area contributed by atoms with Crippen molar-refractivity contribution in [1.82, 2.24) is 10.4 Å².